The molecule has 1 aliphatic heterocycles. The highest BCUT2D eigenvalue weighted by molar-refractivity contribution is 14.1. The minimum atomic E-state index is -0.291. The van der Waals surface area contributed by atoms with Crippen molar-refractivity contribution in [2.75, 3.05) is 18.8 Å². The Hall–Kier alpha value is -1.11. The first kappa shape index (κ1) is 17.3. The predicted molar refractivity (Wildman–Crippen MR) is 111 cm³/mol. The Bertz CT molecular complexity index is 741. The summed E-state index contributed by atoms with van der Waals surface area (Å²) in [6.07, 6.45) is 3.64. The summed E-state index contributed by atoms with van der Waals surface area (Å²) in [5.74, 6) is 0.650. The molecule has 2 aromatic carbocycles. The Morgan fingerprint density at radius 2 is 1.72 bits per heavy atom. The first-order valence-electron chi connectivity index (χ1n) is 9.16. The van der Waals surface area contributed by atoms with Gasteiger partial charge in [0.1, 0.15) is 0 Å². The van der Waals surface area contributed by atoms with E-state index in [2.05, 4.69) is 70.0 Å². The summed E-state index contributed by atoms with van der Waals surface area (Å²) in [5.41, 5.74) is 11.2. The molecule has 2 atom stereocenters. The molecule has 2 aliphatic rings. The van der Waals surface area contributed by atoms with Crippen LogP contribution in [0.15, 0.2) is 42.5 Å². The molecule has 1 saturated heterocycles. The van der Waals surface area contributed by atoms with Crippen molar-refractivity contribution in [1.29, 1.82) is 0 Å². The zero-order valence-corrected chi connectivity index (χ0v) is 16.5. The summed E-state index contributed by atoms with van der Waals surface area (Å²) in [4.78, 5) is 2.49. The third kappa shape index (κ3) is 3.44. The molecule has 2 unspecified atom stereocenters. The van der Waals surface area contributed by atoms with E-state index in [0.29, 0.717) is 5.92 Å². The minimum Gasteiger partial charge on any atom is -0.398 e. The van der Waals surface area contributed by atoms with Gasteiger partial charge in [-0.05, 0) is 83.6 Å². The summed E-state index contributed by atoms with van der Waals surface area (Å²) in [7, 11) is 0. The quantitative estimate of drug-likeness (QED) is 0.546. The number of hydrogen-bond acceptors (Lipinski definition) is 3. The number of anilines is 1. The van der Waals surface area contributed by atoms with Gasteiger partial charge in [0.05, 0.1) is 6.10 Å². The maximum atomic E-state index is 10.7. The largest absolute Gasteiger partial charge is 0.398 e. The van der Waals surface area contributed by atoms with Gasteiger partial charge in [0.25, 0.3) is 0 Å². The maximum Gasteiger partial charge on any atom is 0.0739 e. The monoisotopic (exact) mass is 448 g/mol. The molecule has 3 nitrogen and oxygen atoms in total. The van der Waals surface area contributed by atoms with Crippen LogP contribution in [0.4, 0.5) is 5.69 Å². The fourth-order valence-corrected chi connectivity index (χ4v) is 4.99. The second-order valence-electron chi connectivity index (χ2n) is 7.36. The Labute approximate surface area is 163 Å². The fourth-order valence-electron chi connectivity index (χ4n) is 4.48. The lowest BCUT2D eigenvalue weighted by Gasteiger charge is -2.42. The van der Waals surface area contributed by atoms with Crippen molar-refractivity contribution in [1.82, 2.24) is 4.90 Å². The van der Waals surface area contributed by atoms with E-state index in [1.165, 1.54) is 29.5 Å². The first-order chi connectivity index (χ1) is 12.1. The number of halogens is 1. The van der Waals surface area contributed by atoms with Gasteiger partial charge in [-0.1, -0.05) is 36.4 Å². The van der Waals surface area contributed by atoms with E-state index >= 15 is 0 Å². The van der Waals surface area contributed by atoms with Gasteiger partial charge in [-0.15, -0.1) is 0 Å². The number of nitrogens with two attached hydrogens (primary N) is 1. The number of fused-ring (bicyclic) bond motifs is 1. The van der Waals surface area contributed by atoms with E-state index in [1.54, 1.807) is 0 Å². The van der Waals surface area contributed by atoms with Crippen LogP contribution in [0, 0.1) is 3.57 Å². The third-order valence-corrected chi connectivity index (χ3v) is 6.90. The Balaban J connectivity index is 1.47. The van der Waals surface area contributed by atoms with Gasteiger partial charge in [-0.2, -0.15) is 0 Å². The normalized spacial score (nSPS) is 24.9. The molecule has 0 radical (unpaired) electrons. The van der Waals surface area contributed by atoms with Gasteiger partial charge < -0.3 is 10.8 Å². The SMILES string of the molecule is Nc1c(I)ccc2c1CC(N1CCC(c3ccccc3)CC1)C(O)C2. The van der Waals surface area contributed by atoms with Gasteiger partial charge in [-0.3, -0.25) is 4.90 Å². The Morgan fingerprint density at radius 1 is 1.00 bits per heavy atom. The number of aliphatic hydroxyl groups is 1. The van der Waals surface area contributed by atoms with E-state index in [-0.39, 0.29) is 12.1 Å². The molecule has 25 heavy (non-hydrogen) atoms. The third-order valence-electron chi connectivity index (χ3n) is 5.96. The molecule has 1 aliphatic carbocycles. The first-order valence-corrected chi connectivity index (χ1v) is 10.2. The van der Waals surface area contributed by atoms with Crippen LogP contribution in [0.3, 0.4) is 0 Å². The van der Waals surface area contributed by atoms with Crippen molar-refractivity contribution in [3.8, 4) is 0 Å². The average Bonchev–Trinajstić information content (AvgIpc) is 2.65. The van der Waals surface area contributed by atoms with Crippen LogP contribution in [0.1, 0.15) is 35.4 Å². The van der Waals surface area contributed by atoms with E-state index in [4.69, 9.17) is 5.73 Å². The number of aliphatic hydroxyl groups excluding tert-OH is 1. The molecular formula is C21H25IN2O. The minimum absolute atomic E-state index is 0.199. The molecular weight excluding hydrogens is 423 g/mol. The highest BCUT2D eigenvalue weighted by Crippen LogP contribution is 2.35. The lowest BCUT2D eigenvalue weighted by atomic mass is 9.82. The molecule has 132 valence electrons. The van der Waals surface area contributed by atoms with E-state index < -0.39 is 0 Å². The number of rotatable bonds is 2. The average molecular weight is 448 g/mol. The number of nitrogens with zero attached hydrogens (tertiary/aromatic N) is 1. The molecule has 0 saturated carbocycles. The number of hydrogen-bond donors (Lipinski definition) is 2. The van der Waals surface area contributed by atoms with Crippen LogP contribution in [0.5, 0.6) is 0 Å². The molecule has 0 aromatic heterocycles. The molecule has 1 fully saturated rings. The summed E-state index contributed by atoms with van der Waals surface area (Å²) in [5, 5.41) is 10.7. The van der Waals surface area contributed by atoms with Crippen LogP contribution in [-0.4, -0.2) is 35.2 Å². The van der Waals surface area contributed by atoms with Crippen molar-refractivity contribution in [3.63, 3.8) is 0 Å². The van der Waals surface area contributed by atoms with E-state index in [0.717, 1.165) is 35.2 Å². The van der Waals surface area contributed by atoms with Crippen LogP contribution in [0.25, 0.3) is 0 Å². The maximum absolute atomic E-state index is 10.7. The summed E-state index contributed by atoms with van der Waals surface area (Å²) in [6, 6.07) is 15.2. The molecule has 3 N–H and O–H groups in total. The van der Waals surface area contributed by atoms with E-state index in [9.17, 15) is 5.11 Å². The molecule has 4 rings (SSSR count). The summed E-state index contributed by atoms with van der Waals surface area (Å²) < 4.78 is 1.12. The van der Waals surface area contributed by atoms with Crippen molar-refractivity contribution in [2.45, 2.75) is 43.7 Å². The lowest BCUT2D eigenvalue weighted by molar-refractivity contribution is 0.0296. The molecule has 0 bridgehead atoms. The molecule has 4 heteroatoms. The summed E-state index contributed by atoms with van der Waals surface area (Å²) in [6.45, 7) is 2.11. The van der Waals surface area contributed by atoms with Gasteiger partial charge >= 0.3 is 0 Å². The second kappa shape index (κ2) is 7.25. The standard InChI is InChI=1S/C21H25IN2O/c22-18-7-6-16-12-20(25)19(13-17(16)21(18)23)24-10-8-15(9-11-24)14-4-2-1-3-5-14/h1-7,15,19-20,25H,8-13,23H2. The van der Waals surface area contributed by atoms with Gasteiger partial charge in [0, 0.05) is 21.7 Å². The van der Waals surface area contributed by atoms with Crippen molar-refractivity contribution >= 4 is 28.3 Å². The fraction of sp³-hybridized carbons (Fsp3) is 0.429. The number of benzene rings is 2. The van der Waals surface area contributed by atoms with E-state index in [1.807, 2.05) is 0 Å². The number of piperidine rings is 1. The molecule has 2 aromatic rings. The lowest BCUT2D eigenvalue weighted by Crippen LogP contribution is -2.51. The Kier molecular flexibility index (Phi) is 5.02. The number of nitrogen functional groups attached to an aromatic ring is 1. The summed E-state index contributed by atoms with van der Waals surface area (Å²) >= 11 is 2.31. The van der Waals surface area contributed by atoms with Gasteiger partial charge in [0.2, 0.25) is 0 Å². The van der Waals surface area contributed by atoms with Gasteiger partial charge in [0.15, 0.2) is 0 Å². The van der Waals surface area contributed by atoms with Gasteiger partial charge in [-0.25, -0.2) is 0 Å². The predicted octanol–water partition coefficient (Wildman–Crippen LogP) is 3.58. The highest BCUT2D eigenvalue weighted by Gasteiger charge is 2.34. The van der Waals surface area contributed by atoms with Crippen LogP contribution >= 0.6 is 22.6 Å². The molecule has 0 amide bonds. The zero-order chi connectivity index (χ0) is 17.4. The van der Waals surface area contributed by atoms with Crippen LogP contribution in [0.2, 0.25) is 0 Å². The number of likely N-dealkylation sites (tertiary alicyclic amines) is 1. The smallest absolute Gasteiger partial charge is 0.0739 e. The van der Waals surface area contributed by atoms with Crippen LogP contribution < -0.4 is 5.73 Å². The zero-order valence-electron chi connectivity index (χ0n) is 14.4. The Morgan fingerprint density at radius 3 is 2.44 bits per heavy atom. The van der Waals surface area contributed by atoms with Crippen molar-refractivity contribution in [2.24, 2.45) is 0 Å². The van der Waals surface area contributed by atoms with Crippen LogP contribution in [-0.2, 0) is 12.8 Å². The second-order valence-corrected chi connectivity index (χ2v) is 8.52. The molecule has 1 heterocycles. The van der Waals surface area contributed by atoms with Crippen molar-refractivity contribution in [3.05, 3.63) is 62.7 Å². The topological polar surface area (TPSA) is 49.5 Å². The molecule has 0 spiro atoms. The van der Waals surface area contributed by atoms with Crippen molar-refractivity contribution < 1.29 is 5.11 Å². The highest BCUT2D eigenvalue weighted by atomic mass is 127.